The lowest BCUT2D eigenvalue weighted by Crippen LogP contribution is -1.83. The molecular weight excluding hydrogens is 255 g/mol. The smallest absolute Gasteiger partial charge is 0.116 e. The summed E-state index contributed by atoms with van der Waals surface area (Å²) in [6, 6.07) is 6.28. The molecule has 0 heterocycles. The number of phenols is 1. The van der Waals surface area contributed by atoms with Gasteiger partial charge in [0.1, 0.15) is 5.75 Å². The highest BCUT2D eigenvalue weighted by Gasteiger charge is 1.94. The van der Waals surface area contributed by atoms with Gasteiger partial charge in [-0.05, 0) is 52.4 Å². The molecule has 1 aromatic rings. The Bertz CT molecular complexity index is 217. The molecule has 51 valence electrons. The first kappa shape index (κ1) is 8.07. The second-order valence-electron chi connectivity index (χ2n) is 1.99. The van der Waals surface area contributed by atoms with Crippen LogP contribution in [0.25, 0.3) is 0 Å². The third kappa shape index (κ3) is 1.98. The average Bonchev–Trinajstić information content (AvgIpc) is 1.85. The third-order valence-electron chi connectivity index (χ3n) is 1.15. The van der Waals surface area contributed by atoms with Gasteiger partial charge in [0, 0.05) is 13.8 Å². The quantitative estimate of drug-likeness (QED) is 0.602. The van der Waals surface area contributed by atoms with Crippen molar-refractivity contribution in [3.8, 4) is 5.75 Å². The van der Waals surface area contributed by atoms with Crippen LogP contribution in [0.1, 0.15) is 5.56 Å². The third-order valence-corrected chi connectivity index (χ3v) is 2.18. The maximum atomic E-state index is 9.10. The standard InChI is InChI=1S/C7H6IOSi/c8-6-1-5(4-10)2-7(9)3-6/h1-3,9H,4H2. The summed E-state index contributed by atoms with van der Waals surface area (Å²) in [6.45, 7) is 0. The zero-order valence-corrected chi connectivity index (χ0v) is 8.42. The van der Waals surface area contributed by atoms with Gasteiger partial charge in [-0.15, -0.1) is 0 Å². The molecule has 0 saturated carbocycles. The highest BCUT2D eigenvalue weighted by Crippen LogP contribution is 2.16. The van der Waals surface area contributed by atoms with Gasteiger partial charge in [-0.25, -0.2) is 0 Å². The van der Waals surface area contributed by atoms with Gasteiger partial charge in [-0.2, -0.15) is 0 Å². The molecule has 0 amide bonds. The predicted octanol–water partition coefficient (Wildman–Crippen LogP) is 1.67. The van der Waals surface area contributed by atoms with Crippen LogP contribution in [0.4, 0.5) is 0 Å². The topological polar surface area (TPSA) is 20.2 Å². The Morgan fingerprint density at radius 3 is 2.60 bits per heavy atom. The summed E-state index contributed by atoms with van der Waals surface area (Å²) >= 11 is 2.17. The summed E-state index contributed by atoms with van der Waals surface area (Å²) in [5, 5.41) is 9.10. The molecule has 0 aromatic heterocycles. The molecule has 0 bridgehead atoms. The minimum absolute atomic E-state index is 0.333. The van der Waals surface area contributed by atoms with Crippen LogP contribution in [0.5, 0.6) is 5.75 Å². The molecule has 0 spiro atoms. The molecule has 1 nitrogen and oxygen atoms in total. The molecular formula is C7H6IOSi. The number of rotatable bonds is 1. The number of benzene rings is 1. The van der Waals surface area contributed by atoms with Gasteiger partial charge < -0.3 is 5.11 Å². The molecule has 1 N–H and O–H groups in total. The lowest BCUT2D eigenvalue weighted by molar-refractivity contribution is 0.474. The Morgan fingerprint density at radius 1 is 1.40 bits per heavy atom. The van der Waals surface area contributed by atoms with Gasteiger partial charge in [0.2, 0.25) is 0 Å². The zero-order chi connectivity index (χ0) is 7.56. The second-order valence-corrected chi connectivity index (χ2v) is 3.59. The maximum absolute atomic E-state index is 9.10. The van der Waals surface area contributed by atoms with Crippen molar-refractivity contribution in [2.24, 2.45) is 0 Å². The van der Waals surface area contributed by atoms with Crippen molar-refractivity contribution in [3.05, 3.63) is 27.3 Å². The summed E-state index contributed by atoms with van der Waals surface area (Å²) in [6.07, 6.45) is 0. The Morgan fingerprint density at radius 2 is 2.10 bits per heavy atom. The summed E-state index contributed by atoms with van der Waals surface area (Å²) < 4.78 is 1.06. The van der Waals surface area contributed by atoms with Crippen molar-refractivity contribution >= 4 is 32.8 Å². The largest absolute Gasteiger partial charge is 0.508 e. The monoisotopic (exact) mass is 261 g/mol. The fourth-order valence-corrected chi connectivity index (χ4v) is 1.66. The predicted molar refractivity (Wildman–Crippen MR) is 50.3 cm³/mol. The van der Waals surface area contributed by atoms with E-state index < -0.39 is 0 Å². The van der Waals surface area contributed by atoms with Gasteiger partial charge in [-0.1, -0.05) is 0 Å². The van der Waals surface area contributed by atoms with Crippen molar-refractivity contribution in [3.63, 3.8) is 0 Å². The normalized spacial score (nSPS) is 9.80. The van der Waals surface area contributed by atoms with E-state index in [1.807, 2.05) is 6.07 Å². The molecule has 10 heavy (non-hydrogen) atoms. The molecule has 0 atom stereocenters. The number of hydrogen-bond donors (Lipinski definition) is 1. The van der Waals surface area contributed by atoms with Crippen LogP contribution in [0.2, 0.25) is 0 Å². The van der Waals surface area contributed by atoms with E-state index in [0.717, 1.165) is 15.2 Å². The van der Waals surface area contributed by atoms with Crippen molar-refractivity contribution < 1.29 is 5.11 Å². The molecule has 0 aliphatic rings. The van der Waals surface area contributed by atoms with E-state index in [-0.39, 0.29) is 0 Å². The van der Waals surface area contributed by atoms with Crippen molar-refractivity contribution in [2.45, 2.75) is 6.04 Å². The SMILES string of the molecule is Oc1cc(I)cc(C[Si])c1. The van der Waals surface area contributed by atoms with Crippen LogP contribution in [0.15, 0.2) is 18.2 Å². The Balaban J connectivity index is 3.06. The van der Waals surface area contributed by atoms with Crippen LogP contribution in [0.3, 0.4) is 0 Å². The second kappa shape index (κ2) is 3.38. The lowest BCUT2D eigenvalue weighted by atomic mass is 10.2. The van der Waals surface area contributed by atoms with E-state index in [1.54, 1.807) is 12.1 Å². The van der Waals surface area contributed by atoms with Gasteiger partial charge >= 0.3 is 0 Å². The van der Waals surface area contributed by atoms with Crippen LogP contribution in [-0.4, -0.2) is 15.3 Å². The highest BCUT2D eigenvalue weighted by molar-refractivity contribution is 14.1. The Labute approximate surface area is 77.0 Å². The Hall–Kier alpha value is -0.0331. The first-order valence-electron chi connectivity index (χ1n) is 2.85. The van der Waals surface area contributed by atoms with Crippen LogP contribution >= 0.6 is 22.6 Å². The molecule has 1 aromatic carbocycles. The highest BCUT2D eigenvalue weighted by atomic mass is 127. The van der Waals surface area contributed by atoms with E-state index in [2.05, 4.69) is 32.8 Å². The van der Waals surface area contributed by atoms with Crippen LogP contribution in [0, 0.1) is 3.57 Å². The first-order valence-corrected chi connectivity index (χ1v) is 4.64. The minimum atomic E-state index is 0.333. The van der Waals surface area contributed by atoms with Crippen molar-refractivity contribution in [2.75, 3.05) is 0 Å². The molecule has 0 saturated heterocycles. The number of aromatic hydroxyl groups is 1. The van der Waals surface area contributed by atoms with Gasteiger partial charge in [0.15, 0.2) is 0 Å². The zero-order valence-electron chi connectivity index (χ0n) is 5.26. The van der Waals surface area contributed by atoms with Crippen molar-refractivity contribution in [1.29, 1.82) is 0 Å². The number of hydrogen-bond acceptors (Lipinski definition) is 1. The summed E-state index contributed by atoms with van der Waals surface area (Å²) in [4.78, 5) is 0. The van der Waals surface area contributed by atoms with E-state index in [0.29, 0.717) is 5.75 Å². The van der Waals surface area contributed by atoms with E-state index >= 15 is 0 Å². The molecule has 3 radical (unpaired) electrons. The molecule has 1 rings (SSSR count). The van der Waals surface area contributed by atoms with Gasteiger partial charge in [-0.3, -0.25) is 0 Å². The van der Waals surface area contributed by atoms with Gasteiger partial charge in [0.05, 0.1) is 0 Å². The number of halogens is 1. The van der Waals surface area contributed by atoms with E-state index in [4.69, 9.17) is 5.11 Å². The minimum Gasteiger partial charge on any atom is -0.508 e. The van der Waals surface area contributed by atoms with E-state index in [9.17, 15) is 0 Å². The summed E-state index contributed by atoms with van der Waals surface area (Å²) in [5.74, 6) is 0.333. The molecule has 3 heteroatoms. The van der Waals surface area contributed by atoms with Crippen molar-refractivity contribution in [1.82, 2.24) is 0 Å². The summed E-state index contributed by atoms with van der Waals surface area (Å²) in [7, 11) is 3.36. The maximum Gasteiger partial charge on any atom is 0.116 e. The molecule has 0 aliphatic heterocycles. The lowest BCUT2D eigenvalue weighted by Gasteiger charge is -1.98. The summed E-state index contributed by atoms with van der Waals surface area (Å²) in [5.41, 5.74) is 1.10. The van der Waals surface area contributed by atoms with E-state index in [1.165, 1.54) is 0 Å². The molecule has 0 aliphatic carbocycles. The fraction of sp³-hybridized carbons (Fsp3) is 0.143. The Kier molecular flexibility index (Phi) is 2.73. The average molecular weight is 261 g/mol. The molecule has 0 fully saturated rings. The van der Waals surface area contributed by atoms with Gasteiger partial charge in [0.25, 0.3) is 0 Å². The fourth-order valence-electron chi connectivity index (χ4n) is 0.735. The first-order chi connectivity index (χ1) is 4.72. The van der Waals surface area contributed by atoms with Crippen LogP contribution in [-0.2, 0) is 6.04 Å². The van der Waals surface area contributed by atoms with Crippen LogP contribution < -0.4 is 0 Å². The number of phenolic OH excluding ortho intramolecular Hbond substituents is 1. The molecule has 0 unspecified atom stereocenters.